The first-order valence-corrected chi connectivity index (χ1v) is 6.20. The summed E-state index contributed by atoms with van der Waals surface area (Å²) in [5, 5.41) is 3.85. The van der Waals surface area contributed by atoms with Crippen LogP contribution in [0.25, 0.3) is 11.4 Å². The molecule has 0 amide bonds. The summed E-state index contributed by atoms with van der Waals surface area (Å²) in [5.74, 6) is 0.630. The fourth-order valence-corrected chi connectivity index (χ4v) is 1.76. The van der Waals surface area contributed by atoms with Gasteiger partial charge in [-0.2, -0.15) is 0 Å². The van der Waals surface area contributed by atoms with Gasteiger partial charge >= 0.3 is 0 Å². The Bertz CT molecular complexity index is 499. The minimum Gasteiger partial charge on any atom is -0.383 e. The van der Waals surface area contributed by atoms with Crippen LogP contribution >= 0.6 is 11.6 Å². The highest BCUT2D eigenvalue weighted by atomic mass is 35.5. The highest BCUT2D eigenvalue weighted by molar-refractivity contribution is 6.33. The number of hydrogen-bond acceptors (Lipinski definition) is 4. The zero-order valence-electron chi connectivity index (χ0n) is 9.94. The zero-order chi connectivity index (χ0) is 12.8. The van der Waals surface area contributed by atoms with Gasteiger partial charge < -0.3 is 11.1 Å². The number of anilines is 1. The molecular weight excluding hydrogens is 248 g/mol. The highest BCUT2D eigenvalue weighted by Crippen LogP contribution is 2.24. The molecule has 1 aromatic heterocycles. The molecule has 0 atom stereocenters. The van der Waals surface area contributed by atoms with Gasteiger partial charge in [0.2, 0.25) is 0 Å². The van der Waals surface area contributed by atoms with Gasteiger partial charge in [-0.1, -0.05) is 23.7 Å². The molecule has 0 saturated heterocycles. The normalized spacial score (nSPS) is 10.3. The Morgan fingerprint density at radius 1 is 1.17 bits per heavy atom. The van der Waals surface area contributed by atoms with E-state index >= 15 is 0 Å². The van der Waals surface area contributed by atoms with E-state index < -0.39 is 0 Å². The Labute approximate surface area is 111 Å². The molecule has 0 bridgehead atoms. The minimum atomic E-state index is 0.630. The quantitative estimate of drug-likeness (QED) is 0.813. The van der Waals surface area contributed by atoms with Crippen molar-refractivity contribution in [1.29, 1.82) is 0 Å². The summed E-state index contributed by atoms with van der Waals surface area (Å²) < 4.78 is 0. The van der Waals surface area contributed by atoms with E-state index in [0.717, 1.165) is 24.2 Å². The average Bonchev–Trinajstić information content (AvgIpc) is 2.41. The van der Waals surface area contributed by atoms with Crippen molar-refractivity contribution in [3.8, 4) is 11.4 Å². The highest BCUT2D eigenvalue weighted by Gasteiger charge is 2.05. The van der Waals surface area contributed by atoms with Crippen LogP contribution in [-0.4, -0.2) is 23.1 Å². The number of nitrogens with zero attached hydrogens (tertiary/aromatic N) is 2. The number of benzene rings is 1. The lowest BCUT2D eigenvalue weighted by atomic mass is 10.2. The molecule has 0 aliphatic rings. The molecule has 3 N–H and O–H groups in total. The fraction of sp³-hybridized carbons (Fsp3) is 0.231. The van der Waals surface area contributed by atoms with E-state index in [9.17, 15) is 0 Å². The van der Waals surface area contributed by atoms with Gasteiger partial charge in [0.15, 0.2) is 5.82 Å². The molecular formula is C13H15ClN4. The van der Waals surface area contributed by atoms with E-state index in [-0.39, 0.29) is 0 Å². The lowest BCUT2D eigenvalue weighted by Gasteiger charge is -2.06. The van der Waals surface area contributed by atoms with Gasteiger partial charge in [-0.15, -0.1) is 0 Å². The Morgan fingerprint density at radius 3 is 2.56 bits per heavy atom. The van der Waals surface area contributed by atoms with Gasteiger partial charge in [-0.25, -0.2) is 9.97 Å². The molecule has 0 saturated carbocycles. The lowest BCUT2D eigenvalue weighted by molar-refractivity contribution is 0.872. The summed E-state index contributed by atoms with van der Waals surface area (Å²) in [6.07, 6.45) is 4.43. The van der Waals surface area contributed by atoms with Gasteiger partial charge in [0, 0.05) is 12.1 Å². The van der Waals surface area contributed by atoms with Crippen molar-refractivity contribution in [1.82, 2.24) is 9.97 Å². The van der Waals surface area contributed by atoms with Gasteiger partial charge in [-0.3, -0.25) is 0 Å². The van der Waals surface area contributed by atoms with Crippen molar-refractivity contribution in [2.75, 3.05) is 18.4 Å². The summed E-state index contributed by atoms with van der Waals surface area (Å²) in [5.41, 5.74) is 7.15. The van der Waals surface area contributed by atoms with Crippen LogP contribution in [0.15, 0.2) is 36.7 Å². The van der Waals surface area contributed by atoms with Gasteiger partial charge in [0.05, 0.1) is 23.1 Å². The molecule has 2 rings (SSSR count). The molecule has 0 aliphatic heterocycles. The van der Waals surface area contributed by atoms with Crippen LogP contribution in [-0.2, 0) is 0 Å². The number of rotatable bonds is 5. The Kier molecular flexibility index (Phi) is 4.50. The van der Waals surface area contributed by atoms with Crippen molar-refractivity contribution < 1.29 is 0 Å². The third-order valence-corrected chi connectivity index (χ3v) is 2.81. The standard InChI is InChI=1S/C13H15ClN4/c14-12-5-2-1-4-11(12)13-17-8-10(9-18-13)16-7-3-6-15/h1-2,4-5,8-9,16H,3,6-7,15H2. The number of nitrogens with two attached hydrogens (primary N) is 1. The molecule has 18 heavy (non-hydrogen) atoms. The predicted octanol–water partition coefficient (Wildman–Crippen LogP) is 2.56. The fourth-order valence-electron chi connectivity index (χ4n) is 1.54. The number of nitrogens with one attached hydrogen (secondary N) is 1. The second kappa shape index (κ2) is 6.33. The first-order chi connectivity index (χ1) is 8.81. The van der Waals surface area contributed by atoms with E-state index in [4.69, 9.17) is 17.3 Å². The smallest absolute Gasteiger partial charge is 0.160 e. The van der Waals surface area contributed by atoms with E-state index in [2.05, 4.69) is 15.3 Å². The summed E-state index contributed by atoms with van der Waals surface area (Å²) in [7, 11) is 0. The molecule has 1 heterocycles. The van der Waals surface area contributed by atoms with Gasteiger partial charge in [0.25, 0.3) is 0 Å². The predicted molar refractivity (Wildman–Crippen MR) is 74.6 cm³/mol. The molecule has 0 radical (unpaired) electrons. The van der Waals surface area contributed by atoms with Gasteiger partial charge in [-0.05, 0) is 25.1 Å². The largest absolute Gasteiger partial charge is 0.383 e. The minimum absolute atomic E-state index is 0.630. The molecule has 5 heteroatoms. The van der Waals surface area contributed by atoms with E-state index in [1.807, 2.05) is 24.3 Å². The van der Waals surface area contributed by atoms with Crippen LogP contribution < -0.4 is 11.1 Å². The summed E-state index contributed by atoms with van der Waals surface area (Å²) in [4.78, 5) is 8.60. The molecule has 0 aliphatic carbocycles. The van der Waals surface area contributed by atoms with Crippen LogP contribution in [0.4, 0.5) is 5.69 Å². The van der Waals surface area contributed by atoms with Crippen molar-refractivity contribution >= 4 is 17.3 Å². The maximum atomic E-state index is 6.09. The molecule has 1 aromatic carbocycles. The maximum absolute atomic E-state index is 6.09. The van der Waals surface area contributed by atoms with Gasteiger partial charge in [0.1, 0.15) is 0 Å². The molecule has 0 spiro atoms. The third kappa shape index (κ3) is 3.18. The molecule has 0 fully saturated rings. The van der Waals surface area contributed by atoms with E-state index in [0.29, 0.717) is 17.4 Å². The lowest BCUT2D eigenvalue weighted by Crippen LogP contribution is -2.08. The Balaban J connectivity index is 2.10. The average molecular weight is 263 g/mol. The van der Waals surface area contributed by atoms with Crippen LogP contribution in [0.3, 0.4) is 0 Å². The van der Waals surface area contributed by atoms with Crippen LogP contribution in [0.1, 0.15) is 6.42 Å². The van der Waals surface area contributed by atoms with Crippen molar-refractivity contribution in [3.05, 3.63) is 41.7 Å². The SMILES string of the molecule is NCCCNc1cnc(-c2ccccc2Cl)nc1. The monoisotopic (exact) mass is 262 g/mol. The topological polar surface area (TPSA) is 63.8 Å². The second-order valence-corrected chi connectivity index (χ2v) is 4.25. The van der Waals surface area contributed by atoms with Crippen LogP contribution in [0.2, 0.25) is 5.02 Å². The maximum Gasteiger partial charge on any atom is 0.160 e. The number of aromatic nitrogens is 2. The van der Waals surface area contributed by atoms with Crippen molar-refractivity contribution in [2.24, 2.45) is 5.73 Å². The second-order valence-electron chi connectivity index (χ2n) is 3.84. The Hall–Kier alpha value is -1.65. The van der Waals surface area contributed by atoms with Crippen molar-refractivity contribution in [3.63, 3.8) is 0 Å². The first kappa shape index (κ1) is 12.8. The molecule has 94 valence electrons. The van der Waals surface area contributed by atoms with Crippen molar-refractivity contribution in [2.45, 2.75) is 6.42 Å². The molecule has 0 unspecified atom stereocenters. The third-order valence-electron chi connectivity index (χ3n) is 2.48. The summed E-state index contributed by atoms with van der Waals surface area (Å²) in [6.45, 7) is 1.50. The molecule has 2 aromatic rings. The van der Waals surface area contributed by atoms with E-state index in [1.54, 1.807) is 12.4 Å². The number of halogens is 1. The molecule has 4 nitrogen and oxygen atoms in total. The summed E-state index contributed by atoms with van der Waals surface area (Å²) in [6, 6.07) is 7.53. The van der Waals surface area contributed by atoms with E-state index in [1.165, 1.54) is 0 Å². The zero-order valence-corrected chi connectivity index (χ0v) is 10.7. The Morgan fingerprint density at radius 2 is 1.89 bits per heavy atom. The van der Waals surface area contributed by atoms with Crippen LogP contribution in [0, 0.1) is 0 Å². The first-order valence-electron chi connectivity index (χ1n) is 5.82. The van der Waals surface area contributed by atoms with Crippen LogP contribution in [0.5, 0.6) is 0 Å². The summed E-state index contributed by atoms with van der Waals surface area (Å²) >= 11 is 6.09. The number of hydrogen-bond donors (Lipinski definition) is 2.